The van der Waals surface area contributed by atoms with Crippen LogP contribution in [0, 0.1) is 0 Å². The number of anilines is 1. The van der Waals surface area contributed by atoms with Crippen LogP contribution in [0.25, 0.3) is 5.57 Å². The zero-order valence-corrected chi connectivity index (χ0v) is 12.6. The van der Waals surface area contributed by atoms with Gasteiger partial charge in [-0.05, 0) is 31.4 Å². The third-order valence-electron chi connectivity index (χ3n) is 3.30. The Morgan fingerprint density at radius 3 is 3.15 bits per heavy atom. The molecule has 1 aliphatic heterocycles. The molecule has 1 aromatic heterocycles. The van der Waals surface area contributed by atoms with E-state index < -0.39 is 0 Å². The zero-order valence-electron chi connectivity index (χ0n) is 11.8. The quantitative estimate of drug-likeness (QED) is 0.819. The van der Waals surface area contributed by atoms with Crippen LogP contribution in [-0.2, 0) is 4.79 Å². The number of hydrogen-bond acceptors (Lipinski definition) is 4. The van der Waals surface area contributed by atoms with Gasteiger partial charge in [0, 0.05) is 5.38 Å². The number of hydrogen-bond donors (Lipinski definition) is 2. The SMILES string of the molecule is C=C/C(=C\CC)c1csc(NC(=O)C2CCCCN2)n1. The zero-order chi connectivity index (χ0) is 14.4. The molecule has 0 bridgehead atoms. The van der Waals surface area contributed by atoms with E-state index in [4.69, 9.17) is 0 Å². The predicted molar refractivity (Wildman–Crippen MR) is 84.9 cm³/mol. The van der Waals surface area contributed by atoms with Crippen molar-refractivity contribution >= 4 is 27.9 Å². The lowest BCUT2D eigenvalue weighted by atomic mass is 10.0. The van der Waals surface area contributed by atoms with Gasteiger partial charge in [0.2, 0.25) is 5.91 Å². The Morgan fingerprint density at radius 2 is 2.50 bits per heavy atom. The number of aromatic nitrogens is 1. The lowest BCUT2D eigenvalue weighted by Crippen LogP contribution is -2.43. The van der Waals surface area contributed by atoms with Gasteiger partial charge in [0.05, 0.1) is 11.7 Å². The summed E-state index contributed by atoms with van der Waals surface area (Å²) in [5, 5.41) is 8.74. The Bertz CT molecular complexity index is 501. The first-order valence-corrected chi connectivity index (χ1v) is 7.95. The van der Waals surface area contributed by atoms with Gasteiger partial charge in [-0.25, -0.2) is 4.98 Å². The molecule has 0 aliphatic carbocycles. The van der Waals surface area contributed by atoms with E-state index in [2.05, 4.69) is 35.2 Å². The van der Waals surface area contributed by atoms with Gasteiger partial charge < -0.3 is 10.6 Å². The monoisotopic (exact) mass is 291 g/mol. The summed E-state index contributed by atoms with van der Waals surface area (Å²) in [6, 6.07) is -0.0823. The molecule has 1 unspecified atom stereocenters. The molecule has 0 aromatic carbocycles. The Hall–Kier alpha value is -1.46. The lowest BCUT2D eigenvalue weighted by molar-refractivity contribution is -0.118. The van der Waals surface area contributed by atoms with E-state index in [-0.39, 0.29) is 11.9 Å². The average molecular weight is 291 g/mol. The molecule has 1 aromatic rings. The third kappa shape index (κ3) is 3.77. The van der Waals surface area contributed by atoms with Crippen molar-refractivity contribution in [3.05, 3.63) is 29.8 Å². The number of nitrogens with zero attached hydrogens (tertiary/aromatic N) is 1. The van der Waals surface area contributed by atoms with E-state index in [1.54, 1.807) is 6.08 Å². The summed E-state index contributed by atoms with van der Waals surface area (Å²) in [5.41, 5.74) is 1.89. The lowest BCUT2D eigenvalue weighted by Gasteiger charge is -2.21. The van der Waals surface area contributed by atoms with Gasteiger partial charge in [-0.3, -0.25) is 4.79 Å². The van der Waals surface area contributed by atoms with Crippen LogP contribution in [0.2, 0.25) is 0 Å². The van der Waals surface area contributed by atoms with Crippen molar-refractivity contribution in [1.82, 2.24) is 10.3 Å². The number of amides is 1. The van der Waals surface area contributed by atoms with Gasteiger partial charge >= 0.3 is 0 Å². The van der Waals surface area contributed by atoms with Gasteiger partial charge in [-0.1, -0.05) is 32.1 Å². The summed E-state index contributed by atoms with van der Waals surface area (Å²) in [6.45, 7) is 6.79. The van der Waals surface area contributed by atoms with Crippen molar-refractivity contribution < 1.29 is 4.79 Å². The van der Waals surface area contributed by atoms with Gasteiger partial charge in [-0.15, -0.1) is 11.3 Å². The Balaban J connectivity index is 2.00. The highest BCUT2D eigenvalue weighted by Gasteiger charge is 2.21. The van der Waals surface area contributed by atoms with Crippen LogP contribution in [-0.4, -0.2) is 23.5 Å². The van der Waals surface area contributed by atoms with Crippen molar-refractivity contribution in [2.45, 2.75) is 38.6 Å². The van der Waals surface area contributed by atoms with Crippen molar-refractivity contribution in [1.29, 1.82) is 0 Å². The van der Waals surface area contributed by atoms with Crippen molar-refractivity contribution in [2.24, 2.45) is 0 Å². The maximum Gasteiger partial charge on any atom is 0.243 e. The predicted octanol–water partition coefficient (Wildman–Crippen LogP) is 3.20. The fraction of sp³-hybridized carbons (Fsp3) is 0.467. The van der Waals surface area contributed by atoms with Gasteiger partial charge in [0.25, 0.3) is 0 Å². The van der Waals surface area contributed by atoms with E-state index in [1.165, 1.54) is 11.3 Å². The van der Waals surface area contributed by atoms with Crippen LogP contribution >= 0.6 is 11.3 Å². The highest BCUT2D eigenvalue weighted by atomic mass is 32.1. The molecule has 0 saturated carbocycles. The van der Waals surface area contributed by atoms with E-state index in [0.29, 0.717) is 5.13 Å². The normalized spacial score (nSPS) is 19.6. The Labute approximate surface area is 124 Å². The van der Waals surface area contributed by atoms with E-state index in [9.17, 15) is 4.79 Å². The minimum Gasteiger partial charge on any atom is -0.306 e. The third-order valence-corrected chi connectivity index (χ3v) is 4.06. The molecule has 2 rings (SSSR count). The van der Waals surface area contributed by atoms with E-state index in [0.717, 1.165) is 43.5 Å². The molecule has 4 nitrogen and oxygen atoms in total. The smallest absolute Gasteiger partial charge is 0.243 e. The molecule has 20 heavy (non-hydrogen) atoms. The Morgan fingerprint density at radius 1 is 1.65 bits per heavy atom. The molecule has 2 N–H and O–H groups in total. The number of carbonyl (C=O) groups excluding carboxylic acids is 1. The maximum atomic E-state index is 12.1. The first-order valence-electron chi connectivity index (χ1n) is 7.07. The highest BCUT2D eigenvalue weighted by Crippen LogP contribution is 2.23. The molecule has 1 atom stereocenters. The highest BCUT2D eigenvalue weighted by molar-refractivity contribution is 7.14. The second-order valence-corrected chi connectivity index (χ2v) is 5.66. The summed E-state index contributed by atoms with van der Waals surface area (Å²) in [4.78, 5) is 16.6. The number of thiazole rings is 1. The summed E-state index contributed by atoms with van der Waals surface area (Å²) in [7, 11) is 0. The van der Waals surface area contributed by atoms with Gasteiger partial charge in [0.1, 0.15) is 0 Å². The summed E-state index contributed by atoms with van der Waals surface area (Å²) >= 11 is 1.45. The minimum atomic E-state index is -0.0823. The second kappa shape index (κ2) is 7.36. The first kappa shape index (κ1) is 14.9. The van der Waals surface area contributed by atoms with Crippen LogP contribution < -0.4 is 10.6 Å². The molecule has 2 heterocycles. The second-order valence-electron chi connectivity index (χ2n) is 4.80. The summed E-state index contributed by atoms with van der Waals surface area (Å²) in [5.74, 6) is 0.0187. The van der Waals surface area contributed by atoms with Crippen LogP contribution in [0.4, 0.5) is 5.13 Å². The Kier molecular flexibility index (Phi) is 5.49. The van der Waals surface area contributed by atoms with E-state index in [1.807, 2.05) is 5.38 Å². The fourth-order valence-corrected chi connectivity index (χ4v) is 2.97. The molecule has 1 aliphatic rings. The summed E-state index contributed by atoms with van der Waals surface area (Å²) in [6.07, 6.45) is 7.97. The average Bonchev–Trinajstić information content (AvgIpc) is 2.94. The number of piperidine rings is 1. The molecular formula is C15H21N3OS. The van der Waals surface area contributed by atoms with Crippen LogP contribution in [0.1, 0.15) is 38.3 Å². The van der Waals surface area contributed by atoms with Gasteiger partial charge in [0.15, 0.2) is 5.13 Å². The minimum absolute atomic E-state index is 0.0187. The molecule has 1 saturated heterocycles. The summed E-state index contributed by atoms with van der Waals surface area (Å²) < 4.78 is 0. The van der Waals surface area contributed by atoms with Crippen molar-refractivity contribution in [2.75, 3.05) is 11.9 Å². The largest absolute Gasteiger partial charge is 0.306 e. The van der Waals surface area contributed by atoms with Crippen molar-refractivity contribution in [3.63, 3.8) is 0 Å². The molecule has 1 amide bonds. The number of nitrogens with one attached hydrogen (secondary N) is 2. The maximum absolute atomic E-state index is 12.1. The first-order chi connectivity index (χ1) is 9.74. The topological polar surface area (TPSA) is 54.0 Å². The number of allylic oxidation sites excluding steroid dienone is 3. The van der Waals surface area contributed by atoms with Crippen molar-refractivity contribution in [3.8, 4) is 0 Å². The molecule has 5 heteroatoms. The number of carbonyl (C=O) groups is 1. The van der Waals surface area contributed by atoms with Gasteiger partial charge in [-0.2, -0.15) is 0 Å². The fourth-order valence-electron chi connectivity index (χ4n) is 2.24. The van der Waals surface area contributed by atoms with E-state index >= 15 is 0 Å². The van der Waals surface area contributed by atoms with Crippen LogP contribution in [0.15, 0.2) is 24.1 Å². The molecule has 0 spiro atoms. The number of rotatable bonds is 5. The molecule has 108 valence electrons. The molecular weight excluding hydrogens is 270 g/mol. The molecule has 1 fully saturated rings. The molecule has 0 radical (unpaired) electrons. The van der Waals surface area contributed by atoms with Crippen LogP contribution in [0.3, 0.4) is 0 Å². The van der Waals surface area contributed by atoms with Crippen LogP contribution in [0.5, 0.6) is 0 Å². The standard InChI is InChI=1S/C15H21N3OS/c1-3-7-11(4-2)13-10-20-15(17-13)18-14(19)12-8-5-6-9-16-12/h4,7,10,12,16H,2-3,5-6,8-9H2,1H3,(H,17,18,19)/b11-7+.